The Kier molecular flexibility index (Phi) is 3.42. The molecule has 0 spiro atoms. The number of hydrogen-bond acceptors (Lipinski definition) is 2. The van der Waals surface area contributed by atoms with Crippen molar-refractivity contribution in [3.63, 3.8) is 0 Å². The van der Waals surface area contributed by atoms with E-state index in [0.29, 0.717) is 11.8 Å². The topological polar surface area (TPSA) is 34.9 Å². The minimum absolute atomic E-state index is 0.207. The number of Topliss-reactive ketones (excluding diaryl/α,β-unsaturated/α-hetero) is 1. The lowest BCUT2D eigenvalue weighted by atomic mass is 10.1. The van der Waals surface area contributed by atoms with Crippen LogP contribution in [0.5, 0.6) is 0 Å². The van der Waals surface area contributed by atoms with Crippen LogP contribution in [-0.2, 0) is 12.7 Å². The molecule has 0 aliphatic rings. The number of carbonyl (C=O) groups is 1. The van der Waals surface area contributed by atoms with Gasteiger partial charge in [-0.1, -0.05) is 24.3 Å². The largest absolute Gasteiger partial charge is 0.419 e. The molecule has 1 aromatic carbocycles. The van der Waals surface area contributed by atoms with Crippen LogP contribution in [0.3, 0.4) is 0 Å². The standard InChI is InChI=1S/C13H11F3N2O/c1-9-4-2-3-5-11(9)12(19)8-18-7-10(6-17-18)13(14,15)16/h2-7H,8H2,1H3. The van der Waals surface area contributed by atoms with Crippen LogP contribution in [0.1, 0.15) is 21.5 Å². The summed E-state index contributed by atoms with van der Waals surface area (Å²) in [4.78, 5) is 12.0. The van der Waals surface area contributed by atoms with E-state index >= 15 is 0 Å². The molecular weight excluding hydrogens is 257 g/mol. The maximum absolute atomic E-state index is 12.4. The van der Waals surface area contributed by atoms with Gasteiger partial charge in [0.2, 0.25) is 0 Å². The van der Waals surface area contributed by atoms with E-state index in [1.165, 1.54) is 0 Å². The van der Waals surface area contributed by atoms with Crippen LogP contribution in [0.2, 0.25) is 0 Å². The Morgan fingerprint density at radius 2 is 2.00 bits per heavy atom. The van der Waals surface area contributed by atoms with Gasteiger partial charge in [-0.2, -0.15) is 18.3 Å². The molecule has 0 bridgehead atoms. The lowest BCUT2D eigenvalue weighted by Gasteiger charge is -2.05. The first-order chi connectivity index (χ1) is 8.88. The first kappa shape index (κ1) is 13.3. The zero-order chi connectivity index (χ0) is 14.0. The average molecular weight is 268 g/mol. The third-order valence-electron chi connectivity index (χ3n) is 2.71. The highest BCUT2D eigenvalue weighted by molar-refractivity contribution is 5.97. The molecule has 100 valence electrons. The molecule has 0 saturated carbocycles. The Hall–Kier alpha value is -2.11. The van der Waals surface area contributed by atoms with Gasteiger partial charge in [-0.15, -0.1) is 0 Å². The normalized spacial score (nSPS) is 11.6. The number of halogens is 3. The average Bonchev–Trinajstić information content (AvgIpc) is 2.77. The van der Waals surface area contributed by atoms with Crippen molar-refractivity contribution in [1.29, 1.82) is 0 Å². The van der Waals surface area contributed by atoms with Crippen molar-refractivity contribution in [2.45, 2.75) is 19.6 Å². The van der Waals surface area contributed by atoms with E-state index in [4.69, 9.17) is 0 Å². The van der Waals surface area contributed by atoms with Gasteiger partial charge >= 0.3 is 6.18 Å². The fraction of sp³-hybridized carbons (Fsp3) is 0.231. The second kappa shape index (κ2) is 4.87. The van der Waals surface area contributed by atoms with E-state index in [1.807, 2.05) is 0 Å². The number of carbonyl (C=O) groups excluding carboxylic acids is 1. The summed E-state index contributed by atoms with van der Waals surface area (Å²) in [6, 6.07) is 6.93. The number of hydrogen-bond donors (Lipinski definition) is 0. The molecule has 2 aromatic rings. The summed E-state index contributed by atoms with van der Waals surface area (Å²) in [5.41, 5.74) is 0.423. The molecule has 0 amide bonds. The van der Waals surface area contributed by atoms with Crippen molar-refractivity contribution >= 4 is 5.78 Å². The zero-order valence-electron chi connectivity index (χ0n) is 10.1. The van der Waals surface area contributed by atoms with Crippen LogP contribution in [0.25, 0.3) is 0 Å². The fourth-order valence-corrected chi connectivity index (χ4v) is 1.71. The van der Waals surface area contributed by atoms with Crippen LogP contribution in [-0.4, -0.2) is 15.6 Å². The van der Waals surface area contributed by atoms with E-state index in [1.54, 1.807) is 31.2 Å². The highest BCUT2D eigenvalue weighted by Crippen LogP contribution is 2.28. The maximum Gasteiger partial charge on any atom is 0.419 e. The molecule has 6 heteroatoms. The Morgan fingerprint density at radius 1 is 1.32 bits per heavy atom. The Balaban J connectivity index is 2.16. The SMILES string of the molecule is Cc1ccccc1C(=O)Cn1cc(C(F)(F)F)cn1. The van der Waals surface area contributed by atoms with Crippen LogP contribution in [0.4, 0.5) is 13.2 Å². The Morgan fingerprint density at radius 3 is 2.58 bits per heavy atom. The summed E-state index contributed by atoms with van der Waals surface area (Å²) >= 11 is 0. The van der Waals surface area contributed by atoms with Crippen LogP contribution < -0.4 is 0 Å². The third-order valence-corrected chi connectivity index (χ3v) is 2.71. The van der Waals surface area contributed by atoms with Gasteiger partial charge in [0.25, 0.3) is 0 Å². The van der Waals surface area contributed by atoms with Crippen molar-refractivity contribution in [3.05, 3.63) is 53.3 Å². The number of aromatic nitrogens is 2. The van der Waals surface area contributed by atoms with E-state index in [9.17, 15) is 18.0 Å². The van der Waals surface area contributed by atoms with Gasteiger partial charge < -0.3 is 0 Å². The minimum Gasteiger partial charge on any atom is -0.292 e. The molecule has 1 heterocycles. The highest BCUT2D eigenvalue weighted by atomic mass is 19.4. The molecule has 2 rings (SSSR count). The van der Waals surface area contributed by atoms with Crippen LogP contribution in [0, 0.1) is 6.92 Å². The Bertz CT molecular complexity index is 602. The molecule has 19 heavy (non-hydrogen) atoms. The molecule has 0 fully saturated rings. The van der Waals surface area contributed by atoms with Crippen molar-refractivity contribution < 1.29 is 18.0 Å². The molecule has 0 aliphatic carbocycles. The van der Waals surface area contributed by atoms with E-state index < -0.39 is 11.7 Å². The van der Waals surface area contributed by atoms with Gasteiger partial charge in [0.05, 0.1) is 11.8 Å². The summed E-state index contributed by atoms with van der Waals surface area (Å²) in [7, 11) is 0. The van der Waals surface area contributed by atoms with Gasteiger partial charge in [-0.05, 0) is 12.5 Å². The Labute approximate surface area is 107 Å². The van der Waals surface area contributed by atoms with Crippen molar-refractivity contribution in [3.8, 4) is 0 Å². The molecule has 0 saturated heterocycles. The van der Waals surface area contributed by atoms with Gasteiger partial charge in [0.15, 0.2) is 5.78 Å². The zero-order valence-corrected chi connectivity index (χ0v) is 10.1. The number of alkyl halides is 3. The lowest BCUT2D eigenvalue weighted by molar-refractivity contribution is -0.137. The molecule has 0 aliphatic heterocycles. The molecule has 3 nitrogen and oxygen atoms in total. The summed E-state index contributed by atoms with van der Waals surface area (Å²) in [6.07, 6.45) is -2.90. The minimum atomic E-state index is -4.44. The van der Waals surface area contributed by atoms with Gasteiger partial charge in [-0.25, -0.2) is 0 Å². The molecule has 0 radical (unpaired) electrons. The quantitative estimate of drug-likeness (QED) is 0.802. The number of ketones is 1. The monoisotopic (exact) mass is 268 g/mol. The van der Waals surface area contributed by atoms with Crippen LogP contribution >= 0.6 is 0 Å². The fourth-order valence-electron chi connectivity index (χ4n) is 1.71. The van der Waals surface area contributed by atoms with E-state index in [2.05, 4.69) is 5.10 Å². The van der Waals surface area contributed by atoms with Crippen molar-refractivity contribution in [2.24, 2.45) is 0 Å². The first-order valence-electron chi connectivity index (χ1n) is 5.56. The molecular formula is C13H11F3N2O. The van der Waals surface area contributed by atoms with Crippen LogP contribution in [0.15, 0.2) is 36.7 Å². The van der Waals surface area contributed by atoms with Gasteiger partial charge in [-0.3, -0.25) is 9.48 Å². The second-order valence-electron chi connectivity index (χ2n) is 4.16. The smallest absolute Gasteiger partial charge is 0.292 e. The van der Waals surface area contributed by atoms with Gasteiger partial charge in [0, 0.05) is 11.8 Å². The van der Waals surface area contributed by atoms with Gasteiger partial charge in [0.1, 0.15) is 6.54 Å². The number of nitrogens with zero attached hydrogens (tertiary/aromatic N) is 2. The lowest BCUT2D eigenvalue weighted by Crippen LogP contribution is -2.12. The van der Waals surface area contributed by atoms with Crippen molar-refractivity contribution in [2.75, 3.05) is 0 Å². The second-order valence-corrected chi connectivity index (χ2v) is 4.16. The summed E-state index contributed by atoms with van der Waals surface area (Å²) in [5, 5.41) is 3.55. The summed E-state index contributed by atoms with van der Waals surface area (Å²) < 4.78 is 38.2. The third kappa shape index (κ3) is 3.01. The van der Waals surface area contributed by atoms with E-state index in [0.717, 1.165) is 16.4 Å². The number of rotatable bonds is 3. The number of benzene rings is 1. The first-order valence-corrected chi connectivity index (χ1v) is 5.56. The summed E-state index contributed by atoms with van der Waals surface area (Å²) in [5.74, 6) is -0.269. The predicted octanol–water partition coefficient (Wildman–Crippen LogP) is 3.09. The summed E-state index contributed by atoms with van der Waals surface area (Å²) in [6.45, 7) is 1.57. The molecule has 1 aromatic heterocycles. The van der Waals surface area contributed by atoms with E-state index in [-0.39, 0.29) is 12.3 Å². The number of aryl methyl sites for hydroxylation is 1. The molecule has 0 unspecified atom stereocenters. The molecule has 0 N–H and O–H groups in total. The highest BCUT2D eigenvalue weighted by Gasteiger charge is 2.32. The molecule has 0 atom stereocenters. The van der Waals surface area contributed by atoms with Crippen molar-refractivity contribution in [1.82, 2.24) is 9.78 Å². The maximum atomic E-state index is 12.4. The predicted molar refractivity (Wildman–Crippen MR) is 62.7 cm³/mol.